The number of hydrogen-bond acceptors (Lipinski definition) is 2. The summed E-state index contributed by atoms with van der Waals surface area (Å²) in [6.45, 7) is 0. The van der Waals surface area contributed by atoms with Crippen LogP contribution in [-0.4, -0.2) is 0 Å². The van der Waals surface area contributed by atoms with Gasteiger partial charge in [-0.25, -0.2) is 0 Å². The zero-order valence-corrected chi connectivity index (χ0v) is 30.0. The predicted octanol–water partition coefficient (Wildman–Crippen LogP) is 15.6. The first kappa shape index (κ1) is 29.8. The van der Waals surface area contributed by atoms with Gasteiger partial charge in [-0.15, -0.1) is 11.3 Å². The lowest BCUT2D eigenvalue weighted by molar-refractivity contribution is 0.673. The van der Waals surface area contributed by atoms with Crippen LogP contribution in [0.25, 0.3) is 119 Å². The number of furan rings is 1. The van der Waals surface area contributed by atoms with Gasteiger partial charge >= 0.3 is 0 Å². The molecule has 2 heterocycles. The Balaban J connectivity index is 1.10. The number of hydrogen-bond donors (Lipinski definition) is 0. The fraction of sp³-hybridized carbons (Fsp3) is 0. The van der Waals surface area contributed by atoms with Gasteiger partial charge in [0, 0.05) is 36.3 Å². The van der Waals surface area contributed by atoms with Crippen LogP contribution in [-0.2, 0) is 0 Å². The summed E-state index contributed by atoms with van der Waals surface area (Å²) >= 11 is 1.85. The second-order valence-corrected chi connectivity index (χ2v) is 15.5. The van der Waals surface area contributed by atoms with Gasteiger partial charge in [0.1, 0.15) is 11.2 Å². The average molecular weight is 703 g/mol. The Kier molecular flexibility index (Phi) is 6.28. The summed E-state index contributed by atoms with van der Waals surface area (Å²) in [5, 5.41) is 14.7. The minimum Gasteiger partial charge on any atom is -0.455 e. The molecule has 0 unspecified atom stereocenters. The third kappa shape index (κ3) is 4.32. The van der Waals surface area contributed by atoms with E-state index < -0.39 is 0 Å². The van der Waals surface area contributed by atoms with E-state index in [-0.39, 0.29) is 0 Å². The van der Waals surface area contributed by atoms with E-state index >= 15 is 0 Å². The van der Waals surface area contributed by atoms with Gasteiger partial charge in [0.2, 0.25) is 0 Å². The molecule has 0 bridgehead atoms. The summed E-state index contributed by atoms with van der Waals surface area (Å²) in [4.78, 5) is 0. The van der Waals surface area contributed by atoms with Gasteiger partial charge in [-0.2, -0.15) is 0 Å². The predicted molar refractivity (Wildman–Crippen MR) is 233 cm³/mol. The highest BCUT2D eigenvalue weighted by Crippen LogP contribution is 2.47. The summed E-state index contributed by atoms with van der Waals surface area (Å²) in [6, 6.07) is 66.8. The fourth-order valence-corrected chi connectivity index (χ4v) is 10.1. The molecular weight excluding hydrogens is 673 g/mol. The van der Waals surface area contributed by atoms with Gasteiger partial charge in [-0.3, -0.25) is 0 Å². The largest absolute Gasteiger partial charge is 0.455 e. The zero-order chi connectivity index (χ0) is 35.3. The molecule has 0 fully saturated rings. The van der Waals surface area contributed by atoms with Crippen LogP contribution in [0.3, 0.4) is 0 Å². The number of fused-ring (bicyclic) bond motifs is 11. The Morgan fingerprint density at radius 2 is 0.907 bits per heavy atom. The molecule has 54 heavy (non-hydrogen) atoms. The third-order valence-electron chi connectivity index (χ3n) is 11.4. The summed E-state index contributed by atoms with van der Waals surface area (Å²) in [6.07, 6.45) is 0. The molecule has 10 aromatic carbocycles. The highest BCUT2D eigenvalue weighted by atomic mass is 32.1. The molecule has 0 aliphatic carbocycles. The highest BCUT2D eigenvalue weighted by Gasteiger charge is 2.20. The smallest absolute Gasteiger partial charge is 0.143 e. The monoisotopic (exact) mass is 702 g/mol. The van der Waals surface area contributed by atoms with Crippen LogP contribution in [0.5, 0.6) is 0 Å². The van der Waals surface area contributed by atoms with E-state index in [1.54, 1.807) is 0 Å². The lowest BCUT2D eigenvalue weighted by Crippen LogP contribution is -1.91. The molecule has 250 valence electrons. The second-order valence-electron chi connectivity index (χ2n) is 14.4. The molecule has 1 nitrogen and oxygen atoms in total. The highest BCUT2D eigenvalue weighted by molar-refractivity contribution is 7.25. The molecule has 0 saturated heterocycles. The van der Waals surface area contributed by atoms with E-state index in [4.69, 9.17) is 4.42 Å². The second kappa shape index (κ2) is 11.4. The minimum atomic E-state index is 0.932. The third-order valence-corrected chi connectivity index (χ3v) is 12.5. The molecule has 0 amide bonds. The maximum atomic E-state index is 6.75. The van der Waals surface area contributed by atoms with Crippen LogP contribution in [0.15, 0.2) is 186 Å². The van der Waals surface area contributed by atoms with E-state index in [1.807, 2.05) is 11.3 Å². The van der Waals surface area contributed by atoms with E-state index in [2.05, 4.69) is 182 Å². The Morgan fingerprint density at radius 1 is 0.315 bits per heavy atom. The Hall–Kier alpha value is -6.74. The van der Waals surface area contributed by atoms with Crippen LogP contribution >= 0.6 is 11.3 Å². The van der Waals surface area contributed by atoms with Crippen molar-refractivity contribution in [3.8, 4) is 33.4 Å². The van der Waals surface area contributed by atoms with Crippen LogP contribution in [0.2, 0.25) is 0 Å². The van der Waals surface area contributed by atoms with Crippen LogP contribution in [0.4, 0.5) is 0 Å². The van der Waals surface area contributed by atoms with Gasteiger partial charge < -0.3 is 4.42 Å². The first-order valence-corrected chi connectivity index (χ1v) is 19.3. The Labute approximate surface area is 314 Å². The number of rotatable bonds is 3. The SMILES string of the molecule is c1cc(-c2c3ccccc3c(-c3ccc4ccccc4c3)c3ccccc23)cc(-c2cc3c4cc5sc6ccccc6c5cc4oc3c3ccccc23)c1. The Morgan fingerprint density at radius 3 is 1.65 bits per heavy atom. The number of thiophene rings is 1. The molecule has 0 atom stereocenters. The average Bonchev–Trinajstić information content (AvgIpc) is 3.78. The van der Waals surface area contributed by atoms with Crippen molar-refractivity contribution in [1.82, 2.24) is 0 Å². The molecule has 12 rings (SSSR count). The first-order valence-electron chi connectivity index (χ1n) is 18.5. The van der Waals surface area contributed by atoms with Crippen LogP contribution < -0.4 is 0 Å². The van der Waals surface area contributed by atoms with Crippen molar-refractivity contribution in [1.29, 1.82) is 0 Å². The molecule has 2 aromatic heterocycles. The molecule has 0 saturated carbocycles. The van der Waals surface area contributed by atoms with E-state index in [0.29, 0.717) is 0 Å². The molecule has 0 N–H and O–H groups in total. The van der Waals surface area contributed by atoms with Crippen molar-refractivity contribution in [2.24, 2.45) is 0 Å². The molecule has 0 radical (unpaired) electrons. The van der Waals surface area contributed by atoms with Gasteiger partial charge in [0.05, 0.1) is 0 Å². The quantitative estimate of drug-likeness (QED) is 0.167. The topological polar surface area (TPSA) is 13.1 Å². The number of benzene rings is 10. The maximum Gasteiger partial charge on any atom is 0.143 e. The Bertz CT molecular complexity index is 3450. The van der Waals surface area contributed by atoms with Crippen molar-refractivity contribution < 1.29 is 4.42 Å². The standard InChI is InChI=1S/C52H30OS/c1-2-13-32-26-35(25-24-31(32)12-1)51-40-20-6-4-18-38(40)50(39-19-5-7-21-41(39)51)34-15-11-14-33(27-34)43-28-46-44-30-49-45(37-17-9-10-23-48(37)54-49)29-47(44)53-52(46)42-22-8-3-16-36(42)43/h1-30H. The van der Waals surface area contributed by atoms with Crippen molar-refractivity contribution in [3.05, 3.63) is 182 Å². The van der Waals surface area contributed by atoms with Crippen molar-refractivity contribution >= 4 is 96.5 Å². The van der Waals surface area contributed by atoms with Gasteiger partial charge in [-0.1, -0.05) is 146 Å². The van der Waals surface area contributed by atoms with E-state index in [0.717, 1.165) is 27.3 Å². The zero-order valence-electron chi connectivity index (χ0n) is 29.1. The van der Waals surface area contributed by atoms with E-state index in [9.17, 15) is 0 Å². The lowest BCUT2D eigenvalue weighted by atomic mass is 9.85. The maximum absolute atomic E-state index is 6.75. The van der Waals surface area contributed by atoms with Crippen LogP contribution in [0.1, 0.15) is 0 Å². The van der Waals surface area contributed by atoms with Crippen LogP contribution in [0, 0.1) is 0 Å². The van der Waals surface area contributed by atoms with Crippen molar-refractivity contribution in [2.75, 3.05) is 0 Å². The molecule has 12 aromatic rings. The van der Waals surface area contributed by atoms with Gasteiger partial charge in [-0.05, 0) is 107 Å². The van der Waals surface area contributed by atoms with Crippen molar-refractivity contribution in [2.45, 2.75) is 0 Å². The summed E-state index contributed by atoms with van der Waals surface area (Å²) in [5.41, 5.74) is 9.27. The summed E-state index contributed by atoms with van der Waals surface area (Å²) in [7, 11) is 0. The molecule has 0 aliphatic rings. The van der Waals surface area contributed by atoms with Gasteiger partial charge in [0.15, 0.2) is 0 Å². The normalized spacial score (nSPS) is 12.1. The fourth-order valence-electron chi connectivity index (χ4n) is 8.99. The minimum absolute atomic E-state index is 0.932. The van der Waals surface area contributed by atoms with Crippen molar-refractivity contribution in [3.63, 3.8) is 0 Å². The molecular formula is C52H30OS. The molecule has 2 heteroatoms. The summed E-state index contributed by atoms with van der Waals surface area (Å²) < 4.78 is 9.34. The molecule has 0 spiro atoms. The molecule has 0 aliphatic heterocycles. The van der Waals surface area contributed by atoms with Gasteiger partial charge in [0.25, 0.3) is 0 Å². The van der Waals surface area contributed by atoms with E-state index in [1.165, 1.54) is 91.3 Å². The summed E-state index contributed by atoms with van der Waals surface area (Å²) in [5.74, 6) is 0. The lowest BCUT2D eigenvalue weighted by Gasteiger charge is -2.18. The first-order chi connectivity index (χ1) is 26.8.